The van der Waals surface area contributed by atoms with Crippen LogP contribution in [0.15, 0.2) is 36.4 Å². The molecule has 0 spiro atoms. The molecule has 1 N–H and O–H groups in total. The molecule has 0 amide bonds. The Morgan fingerprint density at radius 3 is 2.60 bits per heavy atom. The number of nitrogens with zero attached hydrogens (tertiary/aromatic N) is 1. The normalized spacial score (nSPS) is 24.4. The standard InChI is InChI=1S/C23H26N2O4S/c1-6-28-21(26)18-19-16-12-15(27-5)10-11-17(16)29-23(18,4)25(22(30)24-19)20-13(2)8-7-9-14(20)3/h7-12,18-19H,6H2,1-5H3,(H,24,30)/t18-,19-,23-/m0/s1. The summed E-state index contributed by atoms with van der Waals surface area (Å²) in [5.41, 5.74) is 2.80. The molecule has 0 radical (unpaired) electrons. The summed E-state index contributed by atoms with van der Waals surface area (Å²) in [4.78, 5) is 15.1. The quantitative estimate of drug-likeness (QED) is 0.585. The van der Waals surface area contributed by atoms with Crippen molar-refractivity contribution in [3.63, 3.8) is 0 Å². The fraction of sp³-hybridized carbons (Fsp3) is 0.391. The fourth-order valence-electron chi connectivity index (χ4n) is 4.58. The molecule has 2 bridgehead atoms. The first-order chi connectivity index (χ1) is 14.3. The van der Waals surface area contributed by atoms with Gasteiger partial charge >= 0.3 is 5.97 Å². The Hall–Kier alpha value is -2.80. The summed E-state index contributed by atoms with van der Waals surface area (Å²) in [7, 11) is 1.61. The predicted octanol–water partition coefficient (Wildman–Crippen LogP) is 4.04. The molecule has 0 saturated carbocycles. The number of hydrogen-bond acceptors (Lipinski definition) is 5. The molecule has 2 heterocycles. The van der Waals surface area contributed by atoms with Gasteiger partial charge in [-0.2, -0.15) is 0 Å². The summed E-state index contributed by atoms with van der Waals surface area (Å²) in [5.74, 6) is 0.413. The highest BCUT2D eigenvalue weighted by molar-refractivity contribution is 7.80. The molecule has 0 unspecified atom stereocenters. The number of thiocarbonyl (C=S) groups is 1. The highest BCUT2D eigenvalue weighted by Gasteiger charge is 2.60. The molecule has 2 aliphatic heterocycles. The zero-order chi connectivity index (χ0) is 21.6. The molecule has 7 heteroatoms. The maximum absolute atomic E-state index is 13.2. The Balaban J connectivity index is 1.93. The first kappa shape index (κ1) is 20.5. The minimum absolute atomic E-state index is 0.289. The number of fused-ring (bicyclic) bond motifs is 4. The summed E-state index contributed by atoms with van der Waals surface area (Å²) in [5, 5.41) is 3.90. The number of para-hydroxylation sites is 1. The van der Waals surface area contributed by atoms with Crippen molar-refractivity contribution in [3.05, 3.63) is 53.1 Å². The Kier molecular flexibility index (Phi) is 5.10. The van der Waals surface area contributed by atoms with Crippen LogP contribution in [0.5, 0.6) is 11.5 Å². The number of rotatable bonds is 4. The Bertz CT molecular complexity index is 1000. The molecule has 6 nitrogen and oxygen atoms in total. The van der Waals surface area contributed by atoms with Gasteiger partial charge in [0.15, 0.2) is 5.11 Å². The van der Waals surface area contributed by atoms with Gasteiger partial charge in [0, 0.05) is 5.56 Å². The maximum atomic E-state index is 13.2. The minimum Gasteiger partial charge on any atom is -0.497 e. The van der Waals surface area contributed by atoms with Gasteiger partial charge in [0.1, 0.15) is 17.4 Å². The van der Waals surface area contributed by atoms with Gasteiger partial charge in [-0.1, -0.05) is 18.2 Å². The van der Waals surface area contributed by atoms with E-state index in [0.29, 0.717) is 16.6 Å². The van der Waals surface area contributed by atoms with Crippen LogP contribution in [0.25, 0.3) is 0 Å². The summed E-state index contributed by atoms with van der Waals surface area (Å²) >= 11 is 5.80. The Labute approximate surface area is 182 Å². The Morgan fingerprint density at radius 2 is 1.97 bits per heavy atom. The number of nitrogens with one attached hydrogen (secondary N) is 1. The summed E-state index contributed by atoms with van der Waals surface area (Å²) in [6.45, 7) is 8.06. The van der Waals surface area contributed by atoms with Crippen LogP contribution < -0.4 is 19.7 Å². The first-order valence-electron chi connectivity index (χ1n) is 10.0. The number of carbonyl (C=O) groups is 1. The van der Waals surface area contributed by atoms with Crippen LogP contribution in [0.1, 0.15) is 36.6 Å². The van der Waals surface area contributed by atoms with Gasteiger partial charge in [0.25, 0.3) is 0 Å². The van der Waals surface area contributed by atoms with Crippen LogP contribution in [-0.4, -0.2) is 30.5 Å². The van der Waals surface area contributed by atoms with E-state index < -0.39 is 11.6 Å². The lowest BCUT2D eigenvalue weighted by molar-refractivity contribution is -0.159. The molecular weight excluding hydrogens is 400 g/mol. The van der Waals surface area contributed by atoms with Crippen molar-refractivity contribution >= 4 is 29.0 Å². The van der Waals surface area contributed by atoms with E-state index in [1.807, 2.05) is 62.1 Å². The van der Waals surface area contributed by atoms with Gasteiger partial charge in [0.05, 0.1) is 25.4 Å². The molecule has 1 fully saturated rings. The van der Waals surface area contributed by atoms with Crippen molar-refractivity contribution < 1.29 is 19.0 Å². The van der Waals surface area contributed by atoms with Gasteiger partial charge in [-0.3, -0.25) is 9.69 Å². The van der Waals surface area contributed by atoms with E-state index >= 15 is 0 Å². The van der Waals surface area contributed by atoms with Crippen LogP contribution >= 0.6 is 12.2 Å². The van der Waals surface area contributed by atoms with Crippen LogP contribution in [0, 0.1) is 19.8 Å². The maximum Gasteiger partial charge on any atom is 0.317 e. The third-order valence-corrected chi connectivity index (χ3v) is 6.21. The molecule has 2 aromatic carbocycles. The van der Waals surface area contributed by atoms with Gasteiger partial charge in [-0.05, 0) is 69.2 Å². The van der Waals surface area contributed by atoms with E-state index in [-0.39, 0.29) is 18.6 Å². The van der Waals surface area contributed by atoms with Gasteiger partial charge in [-0.25, -0.2) is 0 Å². The van der Waals surface area contributed by atoms with Gasteiger partial charge < -0.3 is 19.5 Å². The smallest absolute Gasteiger partial charge is 0.317 e. The lowest BCUT2D eigenvalue weighted by atomic mass is 9.79. The average molecular weight is 427 g/mol. The van der Waals surface area contributed by atoms with Crippen molar-refractivity contribution in [2.45, 2.75) is 39.5 Å². The number of hydrogen-bond donors (Lipinski definition) is 1. The number of methoxy groups -OCH3 is 1. The molecule has 2 aliphatic rings. The number of benzene rings is 2. The molecule has 30 heavy (non-hydrogen) atoms. The highest BCUT2D eigenvalue weighted by atomic mass is 32.1. The largest absolute Gasteiger partial charge is 0.497 e. The van der Waals surface area contributed by atoms with E-state index in [2.05, 4.69) is 5.32 Å². The monoisotopic (exact) mass is 426 g/mol. The third-order valence-electron chi connectivity index (χ3n) is 5.91. The van der Waals surface area contributed by atoms with Crippen LogP contribution in [0.3, 0.4) is 0 Å². The molecule has 2 aromatic rings. The van der Waals surface area contributed by atoms with E-state index in [4.69, 9.17) is 26.4 Å². The molecule has 158 valence electrons. The lowest BCUT2D eigenvalue weighted by Gasteiger charge is -2.56. The number of ether oxygens (including phenoxy) is 3. The van der Waals surface area contributed by atoms with E-state index in [1.54, 1.807) is 14.0 Å². The summed E-state index contributed by atoms with van der Waals surface area (Å²) in [6.07, 6.45) is 0. The van der Waals surface area contributed by atoms with Gasteiger partial charge in [-0.15, -0.1) is 0 Å². The van der Waals surface area contributed by atoms with Crippen LogP contribution in [0.2, 0.25) is 0 Å². The zero-order valence-corrected chi connectivity index (χ0v) is 18.6. The van der Waals surface area contributed by atoms with Crippen molar-refractivity contribution in [1.82, 2.24) is 5.32 Å². The second-order valence-corrected chi connectivity index (χ2v) is 8.18. The summed E-state index contributed by atoms with van der Waals surface area (Å²) in [6, 6.07) is 11.3. The van der Waals surface area contributed by atoms with E-state index in [0.717, 1.165) is 22.4 Å². The summed E-state index contributed by atoms with van der Waals surface area (Å²) < 4.78 is 17.4. The van der Waals surface area contributed by atoms with Crippen molar-refractivity contribution in [2.75, 3.05) is 18.6 Å². The minimum atomic E-state index is -1.06. The topological polar surface area (TPSA) is 60.0 Å². The van der Waals surface area contributed by atoms with Crippen molar-refractivity contribution in [3.8, 4) is 11.5 Å². The highest BCUT2D eigenvalue weighted by Crippen LogP contribution is 2.51. The third kappa shape index (κ3) is 2.99. The van der Waals surface area contributed by atoms with Crippen molar-refractivity contribution in [2.24, 2.45) is 5.92 Å². The number of carbonyl (C=O) groups excluding carboxylic acids is 1. The Morgan fingerprint density at radius 1 is 1.27 bits per heavy atom. The molecule has 0 aliphatic carbocycles. The van der Waals surface area contributed by atoms with Crippen molar-refractivity contribution in [1.29, 1.82) is 0 Å². The average Bonchev–Trinajstić information content (AvgIpc) is 2.69. The predicted molar refractivity (Wildman–Crippen MR) is 119 cm³/mol. The lowest BCUT2D eigenvalue weighted by Crippen LogP contribution is -2.72. The molecule has 1 saturated heterocycles. The van der Waals surface area contributed by atoms with Crippen LogP contribution in [-0.2, 0) is 9.53 Å². The first-order valence-corrected chi connectivity index (χ1v) is 10.4. The number of aryl methyl sites for hydroxylation is 2. The molecule has 0 aromatic heterocycles. The second-order valence-electron chi connectivity index (χ2n) is 7.79. The molecule has 3 atom stereocenters. The van der Waals surface area contributed by atoms with Crippen LogP contribution in [0.4, 0.5) is 5.69 Å². The zero-order valence-electron chi connectivity index (χ0n) is 17.8. The number of esters is 1. The van der Waals surface area contributed by atoms with E-state index in [9.17, 15) is 4.79 Å². The molecular formula is C23H26N2O4S. The van der Waals surface area contributed by atoms with Gasteiger partial charge in [0.2, 0.25) is 5.72 Å². The molecule has 4 rings (SSSR count). The number of anilines is 1. The van der Waals surface area contributed by atoms with E-state index in [1.165, 1.54) is 0 Å². The fourth-order valence-corrected chi connectivity index (χ4v) is 4.98. The SMILES string of the molecule is CCOC(=O)[C@@H]1[C@H]2NC(=S)N(c3c(C)cccc3C)[C@@]1(C)Oc1ccc(OC)cc12. The second kappa shape index (κ2) is 7.47.